The molecular weight excluding hydrogens is 296 g/mol. The molecule has 5 nitrogen and oxygen atoms in total. The first-order valence-corrected chi connectivity index (χ1v) is 8.69. The van der Waals surface area contributed by atoms with E-state index in [1.807, 2.05) is 6.92 Å². The Morgan fingerprint density at radius 2 is 1.90 bits per heavy atom. The minimum Gasteiger partial charge on any atom is -0.290 e. The molecule has 0 N–H and O–H groups in total. The third-order valence-corrected chi connectivity index (χ3v) is 5.69. The maximum Gasteiger partial charge on any atom is 0.284 e. The topological polar surface area (TPSA) is 66.8 Å². The third-order valence-electron chi connectivity index (χ3n) is 2.95. The van der Waals surface area contributed by atoms with E-state index < -0.39 is 10.0 Å². The van der Waals surface area contributed by atoms with Crippen LogP contribution in [-0.2, 0) is 14.8 Å². The van der Waals surface area contributed by atoms with E-state index in [1.54, 1.807) is 25.1 Å². The van der Waals surface area contributed by atoms with E-state index in [9.17, 15) is 13.2 Å². The van der Waals surface area contributed by atoms with Crippen molar-refractivity contribution in [1.29, 1.82) is 0 Å². The van der Waals surface area contributed by atoms with Gasteiger partial charge in [-0.05, 0) is 25.5 Å². The van der Waals surface area contributed by atoms with Gasteiger partial charge in [0.15, 0.2) is 5.17 Å². The van der Waals surface area contributed by atoms with Crippen LogP contribution in [0.5, 0.6) is 0 Å². The first kappa shape index (κ1) is 15.1. The summed E-state index contributed by atoms with van der Waals surface area (Å²) in [5.74, 6) is -0.0676. The van der Waals surface area contributed by atoms with E-state index in [2.05, 4.69) is 4.40 Å². The number of amidine groups is 1. The molecule has 1 aliphatic heterocycles. The molecule has 1 unspecified atom stereocenters. The van der Waals surface area contributed by atoms with Crippen molar-refractivity contribution >= 4 is 32.9 Å². The molecule has 0 aromatic heterocycles. The van der Waals surface area contributed by atoms with E-state index in [0.29, 0.717) is 13.0 Å². The van der Waals surface area contributed by atoms with Crippen LogP contribution in [0.4, 0.5) is 0 Å². The number of nitrogens with zero attached hydrogens (tertiary/aromatic N) is 2. The highest BCUT2D eigenvalue weighted by Gasteiger charge is 2.37. The highest BCUT2D eigenvalue weighted by Crippen LogP contribution is 2.30. The average molecular weight is 312 g/mol. The first-order valence-electron chi connectivity index (χ1n) is 6.37. The number of thioether (sulfide) groups is 1. The molecule has 0 saturated carbocycles. The average Bonchev–Trinajstić information content (AvgIpc) is 2.74. The Labute approximate surface area is 123 Å². The third kappa shape index (κ3) is 2.88. The van der Waals surface area contributed by atoms with Crippen LogP contribution in [0.3, 0.4) is 0 Å². The van der Waals surface area contributed by atoms with Crippen LogP contribution in [-0.4, -0.2) is 36.2 Å². The molecule has 1 fully saturated rings. The summed E-state index contributed by atoms with van der Waals surface area (Å²) in [5.41, 5.74) is 0. The van der Waals surface area contributed by atoms with Crippen LogP contribution in [0, 0.1) is 0 Å². The van der Waals surface area contributed by atoms with Gasteiger partial charge in [-0.2, -0.15) is 8.42 Å². The lowest BCUT2D eigenvalue weighted by Gasteiger charge is -2.12. The molecule has 1 heterocycles. The predicted molar refractivity (Wildman–Crippen MR) is 80.1 cm³/mol. The molecule has 2 rings (SSSR count). The zero-order valence-corrected chi connectivity index (χ0v) is 12.9. The summed E-state index contributed by atoms with van der Waals surface area (Å²) in [7, 11) is -3.77. The van der Waals surface area contributed by atoms with Crippen LogP contribution in [0.2, 0.25) is 0 Å². The van der Waals surface area contributed by atoms with Crippen molar-refractivity contribution in [2.24, 2.45) is 4.40 Å². The van der Waals surface area contributed by atoms with Gasteiger partial charge in [-0.15, -0.1) is 4.40 Å². The van der Waals surface area contributed by atoms with Gasteiger partial charge in [0.25, 0.3) is 10.0 Å². The van der Waals surface area contributed by atoms with Crippen LogP contribution < -0.4 is 0 Å². The number of rotatable bonds is 4. The predicted octanol–water partition coefficient (Wildman–Crippen LogP) is 2.11. The Bertz CT molecular complexity index is 626. The lowest BCUT2D eigenvalue weighted by molar-refractivity contribution is -0.126. The Kier molecular flexibility index (Phi) is 4.49. The molecule has 1 saturated heterocycles. The van der Waals surface area contributed by atoms with Gasteiger partial charge in [-0.3, -0.25) is 9.69 Å². The van der Waals surface area contributed by atoms with Gasteiger partial charge in [0.05, 0.1) is 10.1 Å². The van der Waals surface area contributed by atoms with Crippen molar-refractivity contribution in [1.82, 2.24) is 4.90 Å². The van der Waals surface area contributed by atoms with Gasteiger partial charge in [0.2, 0.25) is 5.91 Å². The molecule has 0 bridgehead atoms. The second kappa shape index (κ2) is 5.97. The molecule has 7 heteroatoms. The quantitative estimate of drug-likeness (QED) is 0.854. The summed E-state index contributed by atoms with van der Waals surface area (Å²) in [6.45, 7) is 4.13. The molecule has 1 aliphatic rings. The van der Waals surface area contributed by atoms with Crippen LogP contribution >= 0.6 is 11.8 Å². The van der Waals surface area contributed by atoms with E-state index in [0.717, 1.165) is 0 Å². The normalized spacial score (nSPS) is 21.7. The molecule has 0 aliphatic carbocycles. The fourth-order valence-corrected chi connectivity index (χ4v) is 4.25. The molecule has 1 aromatic carbocycles. The van der Waals surface area contributed by atoms with Crippen LogP contribution in [0.1, 0.15) is 20.3 Å². The molecule has 20 heavy (non-hydrogen) atoms. The second-order valence-electron chi connectivity index (χ2n) is 4.26. The van der Waals surface area contributed by atoms with E-state index in [4.69, 9.17) is 0 Å². The zero-order valence-electron chi connectivity index (χ0n) is 11.3. The van der Waals surface area contributed by atoms with Crippen LogP contribution in [0.15, 0.2) is 39.6 Å². The molecular formula is C13H16N2O3S2. The molecule has 1 amide bonds. The first-order chi connectivity index (χ1) is 9.49. The fraction of sp³-hybridized carbons (Fsp3) is 0.385. The van der Waals surface area contributed by atoms with Crippen molar-refractivity contribution in [2.75, 3.05) is 6.54 Å². The highest BCUT2D eigenvalue weighted by molar-refractivity contribution is 8.16. The minimum absolute atomic E-state index is 0.0676. The molecule has 1 atom stereocenters. The van der Waals surface area contributed by atoms with Crippen LogP contribution in [0.25, 0.3) is 0 Å². The Morgan fingerprint density at radius 3 is 2.45 bits per heavy atom. The number of benzene rings is 1. The molecule has 0 radical (unpaired) electrons. The number of sulfonamides is 1. The smallest absolute Gasteiger partial charge is 0.284 e. The molecule has 1 aromatic rings. The number of hydrogen-bond donors (Lipinski definition) is 0. The van der Waals surface area contributed by atoms with Crippen molar-refractivity contribution < 1.29 is 13.2 Å². The number of hydrogen-bond acceptors (Lipinski definition) is 4. The summed E-state index contributed by atoms with van der Waals surface area (Å²) >= 11 is 1.22. The maximum absolute atomic E-state index is 12.2. The van der Waals surface area contributed by atoms with Gasteiger partial charge < -0.3 is 0 Å². The lowest BCUT2D eigenvalue weighted by Crippen LogP contribution is -2.32. The molecule has 0 spiro atoms. The van der Waals surface area contributed by atoms with Crippen molar-refractivity contribution in [3.05, 3.63) is 30.3 Å². The van der Waals surface area contributed by atoms with Crippen molar-refractivity contribution in [2.45, 2.75) is 30.4 Å². The van der Waals surface area contributed by atoms with E-state index >= 15 is 0 Å². The number of amides is 1. The monoisotopic (exact) mass is 312 g/mol. The number of carbonyl (C=O) groups is 1. The van der Waals surface area contributed by atoms with Crippen molar-refractivity contribution in [3.63, 3.8) is 0 Å². The Balaban J connectivity index is 2.37. The largest absolute Gasteiger partial charge is 0.290 e. The lowest BCUT2D eigenvalue weighted by atomic mass is 10.3. The highest BCUT2D eigenvalue weighted by atomic mass is 32.2. The fourth-order valence-electron chi connectivity index (χ4n) is 1.88. The Hall–Kier alpha value is -1.34. The minimum atomic E-state index is -3.77. The Morgan fingerprint density at radius 1 is 1.25 bits per heavy atom. The summed E-state index contributed by atoms with van der Waals surface area (Å²) < 4.78 is 28.3. The summed E-state index contributed by atoms with van der Waals surface area (Å²) in [4.78, 5) is 13.6. The van der Waals surface area contributed by atoms with Gasteiger partial charge in [-0.25, -0.2) is 0 Å². The number of carbonyl (C=O) groups excluding carboxylic acids is 1. The standard InChI is InChI=1S/C13H16N2O3S2/c1-3-11-12(16)15(4-2)13(19-11)14-20(17,18)10-8-6-5-7-9-10/h5-9,11H,3-4H2,1-2H3/b14-13+. The molecule has 108 valence electrons. The van der Waals surface area contributed by atoms with E-state index in [-0.39, 0.29) is 21.2 Å². The SMILES string of the molecule is CCC1S/C(=N/S(=O)(=O)c2ccccc2)N(CC)C1=O. The maximum atomic E-state index is 12.2. The second-order valence-corrected chi connectivity index (χ2v) is 7.03. The summed E-state index contributed by atoms with van der Waals surface area (Å²) in [6.07, 6.45) is 0.657. The van der Waals surface area contributed by atoms with Gasteiger partial charge in [-0.1, -0.05) is 36.9 Å². The van der Waals surface area contributed by atoms with Gasteiger partial charge in [0, 0.05) is 6.54 Å². The van der Waals surface area contributed by atoms with Gasteiger partial charge >= 0.3 is 0 Å². The van der Waals surface area contributed by atoms with E-state index in [1.165, 1.54) is 28.8 Å². The zero-order chi connectivity index (χ0) is 14.8. The van der Waals surface area contributed by atoms with Gasteiger partial charge in [0.1, 0.15) is 0 Å². The summed E-state index contributed by atoms with van der Waals surface area (Å²) in [5, 5.41) is 0.0351. The van der Waals surface area contributed by atoms with Crippen molar-refractivity contribution in [3.8, 4) is 0 Å². The summed E-state index contributed by atoms with van der Waals surface area (Å²) in [6, 6.07) is 8.02.